The van der Waals surface area contributed by atoms with Gasteiger partial charge in [0.25, 0.3) is 0 Å². The molecule has 1 saturated heterocycles. The molecule has 0 amide bonds. The number of aromatic nitrogens is 1. The Balaban J connectivity index is 1.92. The molecule has 3 rings (SSSR count). The van der Waals surface area contributed by atoms with Crippen molar-refractivity contribution < 1.29 is 9.13 Å². The molecule has 2 heterocycles. The van der Waals surface area contributed by atoms with Gasteiger partial charge in [0.15, 0.2) is 0 Å². The standard InChI is InChI=1S/C18H26FN3O/c1-3-21(4-2)6-5-14-13-20-16-11-15(19)12-17(18(14)16)22-7-9-23-10-8-22/h11-13,20H,3-10H2,1-2H3. The van der Waals surface area contributed by atoms with Crippen molar-refractivity contribution in [3.63, 3.8) is 0 Å². The fraction of sp³-hybridized carbons (Fsp3) is 0.556. The molecule has 0 radical (unpaired) electrons. The quantitative estimate of drug-likeness (QED) is 0.888. The second-order valence-electron chi connectivity index (χ2n) is 6.04. The van der Waals surface area contributed by atoms with Crippen molar-refractivity contribution in [1.82, 2.24) is 9.88 Å². The molecule has 0 atom stereocenters. The Labute approximate surface area is 137 Å². The van der Waals surface area contributed by atoms with Crippen LogP contribution in [-0.4, -0.2) is 55.8 Å². The molecule has 1 fully saturated rings. The van der Waals surface area contributed by atoms with Crippen LogP contribution < -0.4 is 4.90 Å². The first kappa shape index (κ1) is 16.3. The number of nitrogens with zero attached hydrogens (tertiary/aromatic N) is 2. The first-order valence-corrected chi connectivity index (χ1v) is 8.57. The molecule has 1 aromatic heterocycles. The van der Waals surface area contributed by atoms with E-state index < -0.39 is 0 Å². The summed E-state index contributed by atoms with van der Waals surface area (Å²) in [5.74, 6) is -0.184. The second-order valence-corrected chi connectivity index (χ2v) is 6.04. The average molecular weight is 319 g/mol. The SMILES string of the molecule is CCN(CC)CCc1c[nH]c2cc(F)cc(N3CCOCC3)c12. The van der Waals surface area contributed by atoms with E-state index in [4.69, 9.17) is 4.74 Å². The van der Waals surface area contributed by atoms with Crippen LogP contribution in [0, 0.1) is 5.82 Å². The Hall–Kier alpha value is -1.59. The van der Waals surface area contributed by atoms with E-state index in [1.165, 1.54) is 10.9 Å². The molecule has 126 valence electrons. The van der Waals surface area contributed by atoms with Crippen molar-refractivity contribution in [2.24, 2.45) is 0 Å². The van der Waals surface area contributed by atoms with Crippen molar-refractivity contribution in [2.75, 3.05) is 50.8 Å². The predicted molar refractivity (Wildman–Crippen MR) is 92.8 cm³/mol. The molecule has 1 N–H and O–H groups in total. The summed E-state index contributed by atoms with van der Waals surface area (Å²) in [6.07, 6.45) is 3.02. The minimum atomic E-state index is -0.184. The van der Waals surface area contributed by atoms with Crippen molar-refractivity contribution in [2.45, 2.75) is 20.3 Å². The van der Waals surface area contributed by atoms with Gasteiger partial charge in [0.2, 0.25) is 0 Å². The highest BCUT2D eigenvalue weighted by molar-refractivity contribution is 5.95. The number of anilines is 1. The minimum Gasteiger partial charge on any atom is -0.378 e. The van der Waals surface area contributed by atoms with Crippen LogP contribution in [0.1, 0.15) is 19.4 Å². The van der Waals surface area contributed by atoms with Crippen molar-refractivity contribution in [3.05, 3.63) is 29.7 Å². The maximum atomic E-state index is 14.0. The fourth-order valence-corrected chi connectivity index (χ4v) is 3.35. The predicted octanol–water partition coefficient (Wildman–Crippen LogP) is 3.03. The second kappa shape index (κ2) is 7.32. The highest BCUT2D eigenvalue weighted by Gasteiger charge is 2.18. The zero-order valence-corrected chi connectivity index (χ0v) is 14.1. The smallest absolute Gasteiger partial charge is 0.127 e. The van der Waals surface area contributed by atoms with Crippen LogP contribution in [0.25, 0.3) is 10.9 Å². The molecule has 0 unspecified atom stereocenters. The van der Waals surface area contributed by atoms with Gasteiger partial charge in [-0.05, 0) is 37.2 Å². The summed E-state index contributed by atoms with van der Waals surface area (Å²) in [7, 11) is 0. The third-order valence-corrected chi connectivity index (χ3v) is 4.75. The molecule has 0 saturated carbocycles. The summed E-state index contributed by atoms with van der Waals surface area (Å²) >= 11 is 0. The van der Waals surface area contributed by atoms with Crippen molar-refractivity contribution >= 4 is 16.6 Å². The van der Waals surface area contributed by atoms with Gasteiger partial charge >= 0.3 is 0 Å². The highest BCUT2D eigenvalue weighted by Crippen LogP contribution is 2.32. The summed E-state index contributed by atoms with van der Waals surface area (Å²) in [4.78, 5) is 7.91. The number of halogens is 1. The number of morpholine rings is 1. The molecule has 0 aliphatic carbocycles. The van der Waals surface area contributed by atoms with Gasteiger partial charge in [0, 0.05) is 36.9 Å². The molecule has 2 aromatic rings. The minimum absolute atomic E-state index is 0.184. The van der Waals surface area contributed by atoms with Gasteiger partial charge < -0.3 is 19.5 Å². The highest BCUT2D eigenvalue weighted by atomic mass is 19.1. The molecule has 1 aliphatic rings. The molecular weight excluding hydrogens is 293 g/mol. The lowest BCUT2D eigenvalue weighted by Gasteiger charge is -2.30. The number of nitrogens with one attached hydrogen (secondary N) is 1. The first-order valence-electron chi connectivity index (χ1n) is 8.57. The van der Waals surface area contributed by atoms with E-state index >= 15 is 0 Å². The van der Waals surface area contributed by atoms with Crippen molar-refractivity contribution in [1.29, 1.82) is 0 Å². The largest absolute Gasteiger partial charge is 0.378 e. The van der Waals surface area contributed by atoms with Gasteiger partial charge in [-0.2, -0.15) is 0 Å². The lowest BCUT2D eigenvalue weighted by molar-refractivity contribution is 0.123. The molecule has 1 aromatic carbocycles. The van der Waals surface area contributed by atoms with Crippen LogP contribution in [-0.2, 0) is 11.2 Å². The Morgan fingerprint density at radius 3 is 2.65 bits per heavy atom. The van der Waals surface area contributed by atoms with Gasteiger partial charge in [-0.25, -0.2) is 4.39 Å². The van der Waals surface area contributed by atoms with E-state index in [-0.39, 0.29) is 5.82 Å². The number of hydrogen-bond donors (Lipinski definition) is 1. The summed E-state index contributed by atoms with van der Waals surface area (Å²) in [5, 5.41) is 1.17. The normalized spacial score (nSPS) is 15.7. The topological polar surface area (TPSA) is 31.5 Å². The molecule has 0 bridgehead atoms. The molecular formula is C18H26FN3O. The van der Waals surface area contributed by atoms with E-state index in [2.05, 4.69) is 28.6 Å². The van der Waals surface area contributed by atoms with Gasteiger partial charge in [-0.3, -0.25) is 0 Å². The molecule has 0 spiro atoms. The third kappa shape index (κ3) is 3.51. The average Bonchev–Trinajstić information content (AvgIpc) is 2.98. The van der Waals surface area contributed by atoms with E-state index in [9.17, 15) is 4.39 Å². The maximum Gasteiger partial charge on any atom is 0.127 e. The Morgan fingerprint density at radius 1 is 1.22 bits per heavy atom. The molecule has 5 heteroatoms. The van der Waals surface area contributed by atoms with Crippen molar-refractivity contribution in [3.8, 4) is 0 Å². The van der Waals surface area contributed by atoms with E-state index in [0.29, 0.717) is 13.2 Å². The Morgan fingerprint density at radius 2 is 1.96 bits per heavy atom. The summed E-state index contributed by atoms with van der Waals surface area (Å²) in [5.41, 5.74) is 3.16. The molecule has 4 nitrogen and oxygen atoms in total. The van der Waals surface area contributed by atoms with Crippen LogP contribution in [0.4, 0.5) is 10.1 Å². The van der Waals surface area contributed by atoms with Crippen LogP contribution in [0.5, 0.6) is 0 Å². The van der Waals surface area contributed by atoms with Gasteiger partial charge in [-0.15, -0.1) is 0 Å². The number of hydrogen-bond acceptors (Lipinski definition) is 3. The van der Waals surface area contributed by atoms with E-state index in [1.807, 2.05) is 6.20 Å². The Kier molecular flexibility index (Phi) is 5.18. The lowest BCUT2D eigenvalue weighted by Crippen LogP contribution is -2.36. The lowest BCUT2D eigenvalue weighted by atomic mass is 10.1. The number of benzene rings is 1. The summed E-state index contributed by atoms with van der Waals surface area (Å²) in [6.45, 7) is 10.6. The molecule has 23 heavy (non-hydrogen) atoms. The van der Waals surface area contributed by atoms with Gasteiger partial charge in [0.1, 0.15) is 5.82 Å². The van der Waals surface area contributed by atoms with Crippen LogP contribution in [0.3, 0.4) is 0 Å². The van der Waals surface area contributed by atoms with Crippen LogP contribution >= 0.6 is 0 Å². The number of aromatic amines is 1. The number of ether oxygens (including phenoxy) is 1. The van der Waals surface area contributed by atoms with Crippen LogP contribution in [0.15, 0.2) is 18.3 Å². The zero-order valence-electron chi connectivity index (χ0n) is 14.1. The first-order chi connectivity index (χ1) is 11.2. The third-order valence-electron chi connectivity index (χ3n) is 4.75. The monoisotopic (exact) mass is 319 g/mol. The number of likely N-dealkylation sites (N-methyl/N-ethyl adjacent to an activating group) is 1. The van der Waals surface area contributed by atoms with E-state index in [1.54, 1.807) is 12.1 Å². The zero-order chi connectivity index (χ0) is 16.2. The summed E-state index contributed by atoms with van der Waals surface area (Å²) < 4.78 is 19.4. The Bertz CT molecular complexity index is 645. The van der Waals surface area contributed by atoms with E-state index in [0.717, 1.165) is 50.3 Å². The molecule has 1 aliphatic heterocycles. The van der Waals surface area contributed by atoms with Gasteiger partial charge in [0.05, 0.1) is 18.7 Å². The van der Waals surface area contributed by atoms with Gasteiger partial charge in [-0.1, -0.05) is 13.8 Å². The number of rotatable bonds is 6. The number of fused-ring (bicyclic) bond motifs is 1. The number of H-pyrrole nitrogens is 1. The van der Waals surface area contributed by atoms with Crippen LogP contribution in [0.2, 0.25) is 0 Å². The maximum absolute atomic E-state index is 14.0. The fourth-order valence-electron chi connectivity index (χ4n) is 3.35. The summed E-state index contributed by atoms with van der Waals surface area (Å²) in [6, 6.07) is 3.27.